The molecule has 0 aliphatic carbocycles. The van der Waals surface area contributed by atoms with E-state index in [0.29, 0.717) is 17.9 Å². The molecule has 0 saturated carbocycles. The summed E-state index contributed by atoms with van der Waals surface area (Å²) >= 11 is 5.66. The van der Waals surface area contributed by atoms with Crippen molar-refractivity contribution in [3.05, 3.63) is 35.1 Å². The van der Waals surface area contributed by atoms with Gasteiger partial charge in [-0.3, -0.25) is 0 Å². The van der Waals surface area contributed by atoms with Crippen molar-refractivity contribution in [3.63, 3.8) is 0 Å². The molecule has 1 aliphatic rings. The Morgan fingerprint density at radius 1 is 1.60 bits per heavy atom. The fourth-order valence-electron chi connectivity index (χ4n) is 1.51. The smallest absolute Gasteiger partial charge is 0.146 e. The Morgan fingerprint density at radius 3 is 3.00 bits per heavy atom. The predicted octanol–water partition coefficient (Wildman–Crippen LogP) is 2.87. The minimum absolute atomic E-state index is 0.0491. The monoisotopic (exact) mass is 227 g/mol. The number of halogens is 2. The van der Waals surface area contributed by atoms with Crippen molar-refractivity contribution in [2.75, 3.05) is 5.88 Å². The summed E-state index contributed by atoms with van der Waals surface area (Å²) in [4.78, 5) is 5.10. The standard InChI is InChI=1S/C11H11ClFNO/c1-7-4-8(2-3-10(7)13)11-5-9(6-12)15-14-11/h2-4,9H,5-6H2,1H3. The van der Waals surface area contributed by atoms with E-state index in [1.807, 2.05) is 0 Å². The molecule has 4 heteroatoms. The number of nitrogens with zero attached hydrogens (tertiary/aromatic N) is 1. The minimum atomic E-state index is -0.202. The second-order valence-corrected chi connectivity index (χ2v) is 3.90. The van der Waals surface area contributed by atoms with Gasteiger partial charge in [0.1, 0.15) is 11.9 Å². The van der Waals surface area contributed by atoms with Gasteiger partial charge in [0.15, 0.2) is 0 Å². The van der Waals surface area contributed by atoms with E-state index in [0.717, 1.165) is 11.3 Å². The van der Waals surface area contributed by atoms with Crippen LogP contribution in [0.2, 0.25) is 0 Å². The maximum Gasteiger partial charge on any atom is 0.146 e. The Labute approximate surface area is 92.7 Å². The number of aryl methyl sites for hydroxylation is 1. The lowest BCUT2D eigenvalue weighted by molar-refractivity contribution is 0.102. The van der Waals surface area contributed by atoms with E-state index in [9.17, 15) is 4.39 Å². The fraction of sp³-hybridized carbons (Fsp3) is 0.364. The van der Waals surface area contributed by atoms with Crippen molar-refractivity contribution in [2.24, 2.45) is 5.16 Å². The first-order chi connectivity index (χ1) is 7.20. The summed E-state index contributed by atoms with van der Waals surface area (Å²) in [5.41, 5.74) is 2.36. The van der Waals surface area contributed by atoms with Gasteiger partial charge in [-0.15, -0.1) is 11.6 Å². The van der Waals surface area contributed by atoms with Crippen LogP contribution < -0.4 is 0 Å². The quantitative estimate of drug-likeness (QED) is 0.712. The summed E-state index contributed by atoms with van der Waals surface area (Å²) in [7, 11) is 0. The summed E-state index contributed by atoms with van der Waals surface area (Å²) < 4.78 is 13.0. The first kappa shape index (κ1) is 10.4. The zero-order valence-corrected chi connectivity index (χ0v) is 9.09. The molecule has 0 fully saturated rings. The van der Waals surface area contributed by atoms with Crippen LogP contribution in [0.1, 0.15) is 17.5 Å². The van der Waals surface area contributed by atoms with Crippen molar-refractivity contribution in [3.8, 4) is 0 Å². The number of benzene rings is 1. The van der Waals surface area contributed by atoms with Gasteiger partial charge in [0, 0.05) is 6.42 Å². The highest BCUT2D eigenvalue weighted by Crippen LogP contribution is 2.19. The topological polar surface area (TPSA) is 21.6 Å². The molecule has 1 aliphatic heterocycles. The Hall–Kier alpha value is -1.09. The highest BCUT2D eigenvalue weighted by atomic mass is 35.5. The van der Waals surface area contributed by atoms with E-state index in [4.69, 9.17) is 16.4 Å². The van der Waals surface area contributed by atoms with Gasteiger partial charge in [0.05, 0.1) is 11.6 Å². The largest absolute Gasteiger partial charge is 0.391 e. The van der Waals surface area contributed by atoms with Crippen molar-refractivity contribution in [1.82, 2.24) is 0 Å². The normalized spacial score (nSPS) is 19.9. The Kier molecular flexibility index (Phi) is 2.91. The summed E-state index contributed by atoms with van der Waals surface area (Å²) in [6, 6.07) is 4.93. The van der Waals surface area contributed by atoms with Crippen LogP contribution in [-0.2, 0) is 4.84 Å². The van der Waals surface area contributed by atoms with Crippen LogP contribution in [0.15, 0.2) is 23.4 Å². The zero-order valence-electron chi connectivity index (χ0n) is 8.34. The molecule has 0 aromatic heterocycles. The zero-order chi connectivity index (χ0) is 10.8. The van der Waals surface area contributed by atoms with Crippen LogP contribution in [0, 0.1) is 12.7 Å². The van der Waals surface area contributed by atoms with E-state index in [1.54, 1.807) is 19.1 Å². The van der Waals surface area contributed by atoms with Crippen molar-refractivity contribution >= 4 is 17.3 Å². The van der Waals surface area contributed by atoms with Crippen molar-refractivity contribution < 1.29 is 9.23 Å². The van der Waals surface area contributed by atoms with Gasteiger partial charge in [-0.05, 0) is 30.2 Å². The van der Waals surface area contributed by atoms with Crippen LogP contribution >= 0.6 is 11.6 Å². The predicted molar refractivity (Wildman–Crippen MR) is 57.9 cm³/mol. The summed E-state index contributed by atoms with van der Waals surface area (Å²) in [5, 5.41) is 3.94. The number of oxime groups is 1. The molecular weight excluding hydrogens is 217 g/mol. The Balaban J connectivity index is 2.21. The molecule has 80 valence electrons. The van der Waals surface area contributed by atoms with Crippen LogP contribution in [0.25, 0.3) is 0 Å². The summed E-state index contributed by atoms with van der Waals surface area (Å²) in [5.74, 6) is 0.222. The molecule has 1 unspecified atom stereocenters. The number of alkyl halides is 1. The number of hydrogen-bond acceptors (Lipinski definition) is 2. The van der Waals surface area contributed by atoms with E-state index in [2.05, 4.69) is 5.16 Å². The second-order valence-electron chi connectivity index (χ2n) is 3.59. The van der Waals surface area contributed by atoms with Crippen LogP contribution in [0.3, 0.4) is 0 Å². The average Bonchev–Trinajstić information content (AvgIpc) is 2.70. The van der Waals surface area contributed by atoms with Gasteiger partial charge in [0.25, 0.3) is 0 Å². The van der Waals surface area contributed by atoms with Crippen LogP contribution in [0.5, 0.6) is 0 Å². The Morgan fingerprint density at radius 2 is 2.40 bits per heavy atom. The molecular formula is C11H11ClFNO. The molecule has 0 bridgehead atoms. The molecule has 1 aromatic rings. The Bertz CT molecular complexity index is 406. The lowest BCUT2D eigenvalue weighted by Crippen LogP contribution is -2.09. The van der Waals surface area contributed by atoms with E-state index in [1.165, 1.54) is 6.07 Å². The van der Waals surface area contributed by atoms with Gasteiger partial charge in [-0.2, -0.15) is 0 Å². The third-order valence-corrected chi connectivity index (χ3v) is 2.74. The molecule has 2 rings (SSSR count). The number of hydrogen-bond donors (Lipinski definition) is 0. The lowest BCUT2D eigenvalue weighted by Gasteiger charge is -2.02. The highest BCUT2D eigenvalue weighted by molar-refractivity contribution is 6.18. The molecule has 0 N–H and O–H groups in total. The van der Waals surface area contributed by atoms with Gasteiger partial charge < -0.3 is 4.84 Å². The molecule has 15 heavy (non-hydrogen) atoms. The van der Waals surface area contributed by atoms with Crippen molar-refractivity contribution in [1.29, 1.82) is 0 Å². The molecule has 0 amide bonds. The first-order valence-corrected chi connectivity index (χ1v) is 5.29. The second kappa shape index (κ2) is 4.19. The van der Waals surface area contributed by atoms with Crippen LogP contribution in [-0.4, -0.2) is 17.7 Å². The molecule has 0 saturated heterocycles. The van der Waals surface area contributed by atoms with E-state index < -0.39 is 0 Å². The molecule has 0 spiro atoms. The fourth-order valence-corrected chi connectivity index (χ4v) is 1.67. The number of rotatable bonds is 2. The van der Waals surface area contributed by atoms with Crippen molar-refractivity contribution in [2.45, 2.75) is 19.4 Å². The highest BCUT2D eigenvalue weighted by Gasteiger charge is 2.21. The summed E-state index contributed by atoms with van der Waals surface area (Å²) in [6.45, 7) is 1.73. The lowest BCUT2D eigenvalue weighted by atomic mass is 10.0. The maximum atomic E-state index is 13.0. The first-order valence-electron chi connectivity index (χ1n) is 4.76. The molecule has 2 nitrogen and oxygen atoms in total. The third kappa shape index (κ3) is 2.12. The summed E-state index contributed by atoms with van der Waals surface area (Å²) in [6.07, 6.45) is 0.640. The van der Waals surface area contributed by atoms with Crippen LogP contribution in [0.4, 0.5) is 4.39 Å². The van der Waals surface area contributed by atoms with E-state index >= 15 is 0 Å². The third-order valence-electron chi connectivity index (χ3n) is 2.40. The van der Waals surface area contributed by atoms with Gasteiger partial charge in [-0.1, -0.05) is 11.2 Å². The average molecular weight is 228 g/mol. The molecule has 1 heterocycles. The molecule has 0 radical (unpaired) electrons. The SMILES string of the molecule is Cc1cc(C2=NOC(CCl)C2)ccc1F. The maximum absolute atomic E-state index is 13.0. The van der Waals surface area contributed by atoms with Gasteiger partial charge in [-0.25, -0.2) is 4.39 Å². The molecule has 1 aromatic carbocycles. The van der Waals surface area contributed by atoms with E-state index in [-0.39, 0.29) is 11.9 Å². The van der Waals surface area contributed by atoms with Gasteiger partial charge >= 0.3 is 0 Å². The minimum Gasteiger partial charge on any atom is -0.391 e. The molecule has 1 atom stereocenters. The van der Waals surface area contributed by atoms with Gasteiger partial charge in [0.2, 0.25) is 0 Å².